The van der Waals surface area contributed by atoms with Crippen molar-refractivity contribution < 1.29 is 14.3 Å². The van der Waals surface area contributed by atoms with Gasteiger partial charge in [-0.1, -0.05) is 36.4 Å². The summed E-state index contributed by atoms with van der Waals surface area (Å²) in [4.78, 5) is 17.7. The molecule has 1 spiro atoms. The van der Waals surface area contributed by atoms with Crippen molar-refractivity contribution in [3.63, 3.8) is 0 Å². The van der Waals surface area contributed by atoms with Crippen LogP contribution >= 0.6 is 0 Å². The number of piperidine rings is 1. The fourth-order valence-electron chi connectivity index (χ4n) is 5.05. The third-order valence-corrected chi connectivity index (χ3v) is 7.02. The molecule has 0 radical (unpaired) electrons. The van der Waals surface area contributed by atoms with Gasteiger partial charge in [0.1, 0.15) is 5.75 Å². The van der Waals surface area contributed by atoms with E-state index in [1.54, 1.807) is 7.11 Å². The standard InChI is InChI=1S/C28H31N3O3/c1-30(2)21-10-7-11-22(16-21)34-26-18-24-23(17-25(26)33-3)28(27(32)29-24)12-14-31(15-13-28)19-20-8-5-4-6-9-20/h4-11,16-18H,12-15,19H2,1-3H3,(H,29,32). The van der Waals surface area contributed by atoms with Crippen LogP contribution in [-0.2, 0) is 16.8 Å². The second kappa shape index (κ2) is 9.03. The van der Waals surface area contributed by atoms with Crippen LogP contribution in [0.4, 0.5) is 11.4 Å². The van der Waals surface area contributed by atoms with Crippen LogP contribution in [0, 0.1) is 0 Å². The number of nitrogens with one attached hydrogen (secondary N) is 1. The average Bonchev–Trinajstić information content (AvgIpc) is 3.10. The number of anilines is 2. The van der Waals surface area contributed by atoms with E-state index in [0.717, 1.165) is 55.2 Å². The summed E-state index contributed by atoms with van der Waals surface area (Å²) in [7, 11) is 5.63. The van der Waals surface area contributed by atoms with Crippen molar-refractivity contribution in [3.05, 3.63) is 77.9 Å². The van der Waals surface area contributed by atoms with Crippen LogP contribution in [0.15, 0.2) is 66.7 Å². The summed E-state index contributed by atoms with van der Waals surface area (Å²) in [5, 5.41) is 3.13. The van der Waals surface area contributed by atoms with Crippen LogP contribution in [0.2, 0.25) is 0 Å². The van der Waals surface area contributed by atoms with E-state index < -0.39 is 5.41 Å². The first-order valence-corrected chi connectivity index (χ1v) is 11.7. The van der Waals surface area contributed by atoms with Crippen molar-refractivity contribution in [1.29, 1.82) is 0 Å². The minimum atomic E-state index is -0.515. The summed E-state index contributed by atoms with van der Waals surface area (Å²) in [6.07, 6.45) is 1.57. The minimum absolute atomic E-state index is 0.0793. The van der Waals surface area contributed by atoms with Crippen LogP contribution in [0.5, 0.6) is 17.2 Å². The third kappa shape index (κ3) is 4.10. The number of amides is 1. The molecule has 2 heterocycles. The van der Waals surface area contributed by atoms with Crippen molar-refractivity contribution in [2.75, 3.05) is 44.5 Å². The zero-order valence-electron chi connectivity index (χ0n) is 20.0. The first kappa shape index (κ1) is 22.3. The number of hydrogen-bond acceptors (Lipinski definition) is 5. The summed E-state index contributed by atoms with van der Waals surface area (Å²) >= 11 is 0. The van der Waals surface area contributed by atoms with E-state index in [9.17, 15) is 4.79 Å². The number of fused-ring (bicyclic) bond motifs is 2. The molecule has 0 bridgehead atoms. The maximum atomic E-state index is 13.2. The van der Waals surface area contributed by atoms with Gasteiger partial charge in [0.05, 0.1) is 12.5 Å². The molecule has 0 aliphatic carbocycles. The highest BCUT2D eigenvalue weighted by Gasteiger charge is 2.49. The number of likely N-dealkylation sites (tertiary alicyclic amines) is 1. The fraction of sp³-hybridized carbons (Fsp3) is 0.321. The van der Waals surface area contributed by atoms with Gasteiger partial charge in [0.15, 0.2) is 11.5 Å². The summed E-state index contributed by atoms with van der Waals surface area (Å²) in [5.41, 5.74) is 3.67. The number of carbonyl (C=O) groups is 1. The molecule has 5 rings (SSSR count). The van der Waals surface area contributed by atoms with Gasteiger partial charge >= 0.3 is 0 Å². The summed E-state index contributed by atoms with van der Waals surface area (Å²) in [5.74, 6) is 2.03. The zero-order chi connectivity index (χ0) is 23.7. The van der Waals surface area contributed by atoms with E-state index in [1.807, 2.05) is 61.5 Å². The Morgan fingerprint density at radius 3 is 2.44 bits per heavy atom. The lowest BCUT2D eigenvalue weighted by Crippen LogP contribution is -2.46. The summed E-state index contributed by atoms with van der Waals surface area (Å²) in [6, 6.07) is 22.3. The Morgan fingerprint density at radius 1 is 0.971 bits per heavy atom. The smallest absolute Gasteiger partial charge is 0.235 e. The lowest BCUT2D eigenvalue weighted by Gasteiger charge is -2.38. The molecule has 0 atom stereocenters. The number of hydrogen-bond donors (Lipinski definition) is 1. The molecule has 6 heteroatoms. The van der Waals surface area contributed by atoms with E-state index in [1.165, 1.54) is 5.56 Å². The highest BCUT2D eigenvalue weighted by atomic mass is 16.5. The predicted molar refractivity (Wildman–Crippen MR) is 135 cm³/mol. The number of methoxy groups -OCH3 is 1. The topological polar surface area (TPSA) is 54.0 Å². The molecule has 1 N–H and O–H groups in total. The highest BCUT2D eigenvalue weighted by Crippen LogP contribution is 2.49. The van der Waals surface area contributed by atoms with E-state index in [2.05, 4.69) is 34.5 Å². The lowest BCUT2D eigenvalue weighted by atomic mass is 9.73. The first-order valence-electron chi connectivity index (χ1n) is 11.7. The maximum absolute atomic E-state index is 13.2. The van der Waals surface area contributed by atoms with Crippen LogP contribution in [0.1, 0.15) is 24.0 Å². The number of nitrogens with zero attached hydrogens (tertiary/aromatic N) is 2. The summed E-state index contributed by atoms with van der Waals surface area (Å²) < 4.78 is 11.9. The molecular weight excluding hydrogens is 426 g/mol. The van der Waals surface area contributed by atoms with Crippen LogP contribution < -0.4 is 19.7 Å². The van der Waals surface area contributed by atoms with Crippen LogP contribution in [-0.4, -0.2) is 45.1 Å². The van der Waals surface area contributed by atoms with Crippen LogP contribution in [0.25, 0.3) is 0 Å². The maximum Gasteiger partial charge on any atom is 0.235 e. The highest BCUT2D eigenvalue weighted by molar-refractivity contribution is 6.06. The second-order valence-electron chi connectivity index (χ2n) is 9.34. The molecule has 0 unspecified atom stereocenters. The molecule has 2 aliphatic rings. The van der Waals surface area contributed by atoms with E-state index >= 15 is 0 Å². The van der Waals surface area contributed by atoms with Gasteiger partial charge in [0.2, 0.25) is 5.91 Å². The quantitative estimate of drug-likeness (QED) is 0.562. The average molecular weight is 458 g/mol. The van der Waals surface area contributed by atoms with Crippen molar-refractivity contribution in [1.82, 2.24) is 4.90 Å². The Balaban J connectivity index is 1.38. The van der Waals surface area contributed by atoms with Gasteiger partial charge in [-0.15, -0.1) is 0 Å². The van der Waals surface area contributed by atoms with E-state index in [4.69, 9.17) is 9.47 Å². The molecule has 3 aromatic rings. The first-order chi connectivity index (χ1) is 16.5. The van der Waals surface area contributed by atoms with Gasteiger partial charge in [-0.2, -0.15) is 0 Å². The molecule has 1 fully saturated rings. The molecule has 0 saturated carbocycles. The Morgan fingerprint density at radius 2 is 1.74 bits per heavy atom. The Bertz CT molecular complexity index is 1180. The van der Waals surface area contributed by atoms with Gasteiger partial charge in [0, 0.05) is 44.1 Å². The number of ether oxygens (including phenoxy) is 2. The van der Waals surface area contributed by atoms with Gasteiger partial charge in [-0.3, -0.25) is 9.69 Å². The Labute approximate surface area is 201 Å². The predicted octanol–water partition coefficient (Wildman–Crippen LogP) is 5.04. The van der Waals surface area contributed by atoms with Gasteiger partial charge in [-0.05, 0) is 55.3 Å². The molecule has 6 nitrogen and oxygen atoms in total. The van der Waals surface area contributed by atoms with Crippen LogP contribution in [0.3, 0.4) is 0 Å². The Hall–Kier alpha value is -3.51. The molecule has 1 amide bonds. The van der Waals surface area contributed by atoms with Crippen molar-refractivity contribution in [2.24, 2.45) is 0 Å². The van der Waals surface area contributed by atoms with Crippen molar-refractivity contribution in [3.8, 4) is 17.2 Å². The molecule has 2 aliphatic heterocycles. The monoisotopic (exact) mass is 457 g/mol. The molecule has 1 saturated heterocycles. The molecule has 3 aromatic carbocycles. The van der Waals surface area contributed by atoms with Gasteiger partial charge in [0.25, 0.3) is 0 Å². The molecule has 34 heavy (non-hydrogen) atoms. The second-order valence-corrected chi connectivity index (χ2v) is 9.34. The van der Waals surface area contributed by atoms with E-state index in [-0.39, 0.29) is 5.91 Å². The number of benzene rings is 3. The Kier molecular flexibility index (Phi) is 5.92. The largest absolute Gasteiger partial charge is 0.493 e. The number of rotatable bonds is 6. The lowest BCUT2D eigenvalue weighted by molar-refractivity contribution is -0.122. The third-order valence-electron chi connectivity index (χ3n) is 7.02. The van der Waals surface area contributed by atoms with Crippen molar-refractivity contribution >= 4 is 17.3 Å². The van der Waals surface area contributed by atoms with Crippen molar-refractivity contribution in [2.45, 2.75) is 24.8 Å². The molecular formula is C28H31N3O3. The normalized spacial score (nSPS) is 16.7. The number of carbonyl (C=O) groups excluding carboxylic acids is 1. The van der Waals surface area contributed by atoms with Gasteiger partial charge < -0.3 is 19.7 Å². The minimum Gasteiger partial charge on any atom is -0.493 e. The fourth-order valence-corrected chi connectivity index (χ4v) is 5.05. The molecule has 176 valence electrons. The zero-order valence-corrected chi connectivity index (χ0v) is 20.0. The summed E-state index contributed by atoms with van der Waals surface area (Å²) in [6.45, 7) is 2.66. The van der Waals surface area contributed by atoms with E-state index in [0.29, 0.717) is 11.5 Å². The molecule has 0 aromatic heterocycles. The SMILES string of the molecule is COc1cc2c(cc1Oc1cccc(N(C)C)c1)NC(=O)C21CCN(Cc2ccccc2)CC1. The van der Waals surface area contributed by atoms with Gasteiger partial charge in [-0.25, -0.2) is 0 Å².